The fraction of sp³-hybridized carbons (Fsp3) is 0.417. The standard InChI is InChI=1S/C48H56ClF3N8O6S3/c1-47(2)23-21-42(34-11-15-37(49)16-12-34)36(31-47)32-59-26-28-60(29-27-59)39-17-13-35(14-18-39)46(62)56-69(65,66)41-19-20-43(44(30-41)68(63,64)48(50,51)52)55-38(33-67-40-8-5-4-6-9-40)22-25-58(3)45(61)10-7-24-54-57-53/h4-6,8-9,11-20,30,38,55H,7,10,21-29,31-33H2,1-3H3,(H,56,62)/t38-/m1/s1. The average molecular weight is 1030 g/mol. The van der Waals surface area contributed by atoms with Gasteiger partial charge in [0.2, 0.25) is 5.91 Å². The Bertz CT molecular complexity index is 2750. The van der Waals surface area contributed by atoms with E-state index in [1.807, 2.05) is 35.1 Å². The van der Waals surface area contributed by atoms with E-state index in [-0.39, 0.29) is 48.6 Å². The van der Waals surface area contributed by atoms with E-state index in [1.165, 1.54) is 52.6 Å². The maximum atomic E-state index is 14.2. The molecule has 4 aromatic rings. The number of allylic oxidation sites excluding steroid dienone is 1. The highest BCUT2D eigenvalue weighted by atomic mass is 35.5. The molecule has 1 fully saturated rings. The number of sulfonamides is 1. The number of piperazine rings is 1. The van der Waals surface area contributed by atoms with Gasteiger partial charge in [-0.2, -0.15) is 13.2 Å². The van der Waals surface area contributed by atoms with Crippen molar-refractivity contribution in [3.63, 3.8) is 0 Å². The molecule has 0 bridgehead atoms. The molecule has 69 heavy (non-hydrogen) atoms. The van der Waals surface area contributed by atoms with Crippen LogP contribution in [0.1, 0.15) is 68.3 Å². The van der Waals surface area contributed by atoms with Gasteiger partial charge in [0, 0.05) is 97.2 Å². The van der Waals surface area contributed by atoms with Crippen molar-refractivity contribution in [3.05, 3.63) is 129 Å². The monoisotopic (exact) mass is 1030 g/mol. The number of halogens is 4. The van der Waals surface area contributed by atoms with Gasteiger partial charge in [-0.1, -0.05) is 66.5 Å². The highest BCUT2D eigenvalue weighted by Gasteiger charge is 2.48. The normalized spacial score (nSPS) is 16.1. The van der Waals surface area contributed by atoms with E-state index in [9.17, 15) is 39.6 Å². The number of rotatable bonds is 20. The summed E-state index contributed by atoms with van der Waals surface area (Å²) in [6, 6.07) is 24.9. The number of carbonyl (C=O) groups is 2. The maximum absolute atomic E-state index is 14.2. The Hall–Kier alpha value is -5.24. The smallest absolute Gasteiger partial charge is 0.380 e. The van der Waals surface area contributed by atoms with Crippen LogP contribution in [-0.4, -0.2) is 109 Å². The van der Waals surface area contributed by atoms with Crippen molar-refractivity contribution in [2.24, 2.45) is 10.5 Å². The number of carbonyl (C=O) groups excluding carboxylic acids is 2. The SMILES string of the molecule is CN(CC[C@H](CSc1ccccc1)Nc1ccc(S(=O)(=O)NC(=O)c2ccc(N3CCN(CC4=C(c5ccc(Cl)cc5)CCC(C)(C)C4)CC3)cc2)cc1S(=O)(=O)C(F)(F)F)C(=O)CCCN=[N+]=[N-]. The molecule has 0 radical (unpaired) electrons. The first kappa shape index (κ1) is 53.1. The van der Waals surface area contributed by atoms with Crippen LogP contribution < -0.4 is 14.9 Å². The summed E-state index contributed by atoms with van der Waals surface area (Å²) in [5.74, 6) is -1.12. The van der Waals surface area contributed by atoms with Crippen molar-refractivity contribution in [1.29, 1.82) is 0 Å². The van der Waals surface area contributed by atoms with Crippen molar-refractivity contribution < 1.29 is 39.6 Å². The zero-order valence-electron chi connectivity index (χ0n) is 38.6. The zero-order chi connectivity index (χ0) is 50.0. The number of anilines is 2. The molecule has 2 aliphatic rings. The van der Waals surface area contributed by atoms with Gasteiger partial charge in [-0.25, -0.2) is 21.6 Å². The lowest BCUT2D eigenvalue weighted by Crippen LogP contribution is -2.47. The molecule has 1 aliphatic heterocycles. The molecule has 2 N–H and O–H groups in total. The van der Waals surface area contributed by atoms with E-state index in [1.54, 1.807) is 24.3 Å². The van der Waals surface area contributed by atoms with Gasteiger partial charge in [-0.3, -0.25) is 14.5 Å². The molecule has 370 valence electrons. The third kappa shape index (κ3) is 14.4. The lowest BCUT2D eigenvalue weighted by molar-refractivity contribution is -0.130. The largest absolute Gasteiger partial charge is 0.501 e. The lowest BCUT2D eigenvalue weighted by atomic mass is 9.73. The number of hydrogen-bond acceptors (Lipinski definition) is 11. The average Bonchev–Trinajstić information content (AvgIpc) is 3.31. The molecule has 1 saturated heterocycles. The molecule has 0 aromatic heterocycles. The molecular weight excluding hydrogens is 973 g/mol. The van der Waals surface area contributed by atoms with Gasteiger partial charge in [-0.05, 0) is 121 Å². The van der Waals surface area contributed by atoms with E-state index in [4.69, 9.17) is 17.1 Å². The van der Waals surface area contributed by atoms with Crippen LogP contribution in [0.2, 0.25) is 5.02 Å². The van der Waals surface area contributed by atoms with Crippen LogP contribution >= 0.6 is 23.4 Å². The number of thioether (sulfide) groups is 1. The van der Waals surface area contributed by atoms with Crippen LogP contribution in [0.4, 0.5) is 24.5 Å². The highest BCUT2D eigenvalue weighted by molar-refractivity contribution is 7.99. The summed E-state index contributed by atoms with van der Waals surface area (Å²) in [4.78, 5) is 33.4. The number of nitrogens with one attached hydrogen (secondary N) is 2. The second-order valence-corrected chi connectivity index (χ2v) is 23.0. The fourth-order valence-corrected chi connectivity index (χ4v) is 11.5. The van der Waals surface area contributed by atoms with Crippen LogP contribution in [-0.2, 0) is 24.7 Å². The molecule has 4 aromatic carbocycles. The molecule has 1 aliphatic carbocycles. The summed E-state index contributed by atoms with van der Waals surface area (Å²) >= 11 is 7.52. The van der Waals surface area contributed by atoms with E-state index < -0.39 is 52.8 Å². The van der Waals surface area contributed by atoms with Crippen molar-refractivity contribution in [2.75, 3.05) is 68.8 Å². The molecule has 2 amide bonds. The van der Waals surface area contributed by atoms with Crippen LogP contribution in [0.15, 0.2) is 122 Å². The van der Waals surface area contributed by atoms with E-state index >= 15 is 0 Å². The number of amides is 2. The Balaban J connectivity index is 1.13. The van der Waals surface area contributed by atoms with E-state index in [0.717, 1.165) is 61.6 Å². The lowest BCUT2D eigenvalue weighted by Gasteiger charge is -2.39. The predicted molar refractivity (Wildman–Crippen MR) is 266 cm³/mol. The summed E-state index contributed by atoms with van der Waals surface area (Å²) in [6.45, 7) is 8.73. The summed E-state index contributed by atoms with van der Waals surface area (Å²) in [6.07, 6.45) is 3.66. The highest BCUT2D eigenvalue weighted by Crippen LogP contribution is 2.43. The third-order valence-corrected chi connectivity index (χ3v) is 16.5. The second-order valence-electron chi connectivity index (χ2n) is 17.9. The molecule has 0 saturated carbocycles. The minimum absolute atomic E-state index is 0.0400. The number of azide groups is 1. The predicted octanol–water partition coefficient (Wildman–Crippen LogP) is 10.0. The van der Waals surface area contributed by atoms with Gasteiger partial charge in [0.05, 0.1) is 10.6 Å². The molecule has 6 rings (SSSR count). The minimum atomic E-state index is -6.15. The zero-order valence-corrected chi connectivity index (χ0v) is 41.8. The Labute approximate surface area is 411 Å². The third-order valence-electron chi connectivity index (χ3n) is 12.2. The van der Waals surface area contributed by atoms with Crippen LogP contribution in [0, 0.1) is 5.41 Å². The Kier molecular flexibility index (Phi) is 17.8. The summed E-state index contributed by atoms with van der Waals surface area (Å²) in [5, 5.41) is 6.99. The molecule has 0 spiro atoms. The molecule has 21 heteroatoms. The topological polar surface area (TPSA) is 185 Å². The summed E-state index contributed by atoms with van der Waals surface area (Å²) in [5.41, 5.74) is 7.17. The van der Waals surface area contributed by atoms with E-state index in [2.05, 4.69) is 51.1 Å². The van der Waals surface area contributed by atoms with Gasteiger partial charge in [0.15, 0.2) is 0 Å². The number of alkyl halides is 3. The first-order valence-electron chi connectivity index (χ1n) is 22.4. The fourth-order valence-electron chi connectivity index (χ4n) is 8.34. The van der Waals surface area contributed by atoms with Gasteiger partial charge in [0.1, 0.15) is 4.90 Å². The quantitative estimate of drug-likeness (QED) is 0.0284. The number of sulfone groups is 1. The van der Waals surface area contributed by atoms with Gasteiger partial charge in [0.25, 0.3) is 25.8 Å². The molecule has 1 atom stereocenters. The number of nitrogens with zero attached hydrogens (tertiary/aromatic N) is 6. The molecule has 0 unspecified atom stereocenters. The first-order chi connectivity index (χ1) is 32.7. The molecular formula is C48H56ClF3N8O6S3. The van der Waals surface area contributed by atoms with Crippen LogP contribution in [0.3, 0.4) is 0 Å². The van der Waals surface area contributed by atoms with Crippen molar-refractivity contribution in [1.82, 2.24) is 14.5 Å². The van der Waals surface area contributed by atoms with Crippen molar-refractivity contribution >= 4 is 72.0 Å². The number of hydrogen-bond donors (Lipinski definition) is 2. The van der Waals surface area contributed by atoms with Crippen molar-refractivity contribution in [3.8, 4) is 0 Å². The van der Waals surface area contributed by atoms with Crippen LogP contribution in [0.5, 0.6) is 0 Å². The second kappa shape index (κ2) is 23.1. The summed E-state index contributed by atoms with van der Waals surface area (Å²) < 4.78 is 98.0. The molecule has 1 heterocycles. The molecule has 14 nitrogen and oxygen atoms in total. The van der Waals surface area contributed by atoms with Gasteiger partial charge >= 0.3 is 5.51 Å². The Morgan fingerprint density at radius 2 is 1.64 bits per heavy atom. The Morgan fingerprint density at radius 3 is 2.29 bits per heavy atom. The first-order valence-corrected chi connectivity index (χ1v) is 26.7. The van der Waals surface area contributed by atoms with Gasteiger partial charge < -0.3 is 15.1 Å². The minimum Gasteiger partial charge on any atom is -0.380 e. The summed E-state index contributed by atoms with van der Waals surface area (Å²) in [7, 11) is -9.52. The van der Waals surface area contributed by atoms with E-state index in [0.29, 0.717) is 30.6 Å². The Morgan fingerprint density at radius 1 is 0.957 bits per heavy atom. The van der Waals surface area contributed by atoms with Crippen molar-refractivity contribution in [2.45, 2.75) is 78.6 Å². The van der Waals surface area contributed by atoms with Gasteiger partial charge in [-0.15, -0.1) is 11.8 Å². The maximum Gasteiger partial charge on any atom is 0.501 e. The van der Waals surface area contributed by atoms with Crippen LogP contribution in [0.25, 0.3) is 16.0 Å². The number of benzene rings is 4.